The number of rotatable bonds is 12. The van der Waals surface area contributed by atoms with Gasteiger partial charge in [0.25, 0.3) is 0 Å². The maximum absolute atomic E-state index is 6.50. The van der Waals surface area contributed by atoms with E-state index in [2.05, 4.69) is 53.9 Å². The van der Waals surface area contributed by atoms with Crippen molar-refractivity contribution in [1.82, 2.24) is 0 Å². The summed E-state index contributed by atoms with van der Waals surface area (Å²) in [6.45, 7) is 10.5. The van der Waals surface area contributed by atoms with Gasteiger partial charge in [-0.25, -0.2) is 5.26 Å². The van der Waals surface area contributed by atoms with Crippen molar-refractivity contribution in [3.05, 3.63) is 26.6 Å². The molecule has 135 valence electrons. The first-order chi connectivity index (χ1) is 11.3. The molecule has 0 aliphatic rings. The van der Waals surface area contributed by atoms with E-state index in [-0.39, 0.29) is 0 Å². The zero-order valence-corrected chi connectivity index (χ0v) is 19.6. The van der Waals surface area contributed by atoms with Gasteiger partial charge in [0.1, 0.15) is 0 Å². The van der Waals surface area contributed by atoms with Crippen LogP contribution in [0.15, 0.2) is 26.6 Å². The average Bonchev–Trinajstić information content (AvgIpc) is 3.11. The van der Waals surface area contributed by atoms with Gasteiger partial charge in [-0.15, -0.1) is 0 Å². The van der Waals surface area contributed by atoms with Gasteiger partial charge in [-0.3, -0.25) is 0 Å². The number of hydrogen-bond acceptors (Lipinski definition) is 2. The topological polar surface area (TPSA) is 23.8 Å². The molecule has 0 unspecified atom stereocenters. The molecule has 1 aromatic rings. The van der Waals surface area contributed by atoms with Gasteiger partial charge in [-0.05, 0) is 0 Å². The molecule has 4 heteroatoms. The third-order valence-electron chi connectivity index (χ3n) is 4.09. The van der Waals surface area contributed by atoms with Gasteiger partial charge in [-0.1, -0.05) is 0 Å². The summed E-state index contributed by atoms with van der Waals surface area (Å²) in [6, 6.07) is 4.39. The minimum atomic E-state index is -2.03. The second-order valence-electron chi connectivity index (χ2n) is 5.91. The molecule has 0 bridgehead atoms. The van der Waals surface area contributed by atoms with Crippen LogP contribution in [0.1, 0.15) is 59.3 Å². The molecule has 0 aliphatic heterocycles. The zero-order valence-electron chi connectivity index (χ0n) is 15.0. The van der Waals surface area contributed by atoms with Gasteiger partial charge < -0.3 is 0 Å². The molecule has 1 nitrogen and oxygen atoms in total. The van der Waals surface area contributed by atoms with E-state index in [1.165, 1.54) is 42.3 Å². The molecule has 0 aromatic carbocycles. The van der Waals surface area contributed by atoms with Crippen molar-refractivity contribution in [2.75, 3.05) is 0 Å². The Morgan fingerprint density at radius 3 is 1.96 bits per heavy atom. The van der Waals surface area contributed by atoms with Crippen molar-refractivity contribution in [2.45, 2.75) is 72.6 Å². The monoisotopic (exact) mass is 490 g/mol. The van der Waals surface area contributed by atoms with E-state index in [9.17, 15) is 0 Å². The predicted octanol–water partition coefficient (Wildman–Crippen LogP) is 6.50. The summed E-state index contributed by atoms with van der Waals surface area (Å²) < 4.78 is 8.91. The molecular weight excluding hydrogens is 457 g/mol. The van der Waals surface area contributed by atoms with Crippen molar-refractivity contribution in [1.29, 1.82) is 5.26 Å². The van der Waals surface area contributed by atoms with Gasteiger partial charge in [-0.2, -0.15) is 0 Å². The molecule has 0 N–H and O–H groups in total. The molecule has 0 amide bonds. The van der Waals surface area contributed by atoms with Crippen LogP contribution in [-0.4, -0.2) is 18.4 Å². The zero-order chi connectivity index (χ0) is 17.4. The van der Waals surface area contributed by atoms with E-state index in [1.54, 1.807) is 13.3 Å². The second-order valence-corrected chi connectivity index (χ2v) is 21.2. The molecule has 1 aromatic heterocycles. The number of thiophene rings is 1. The summed E-state index contributed by atoms with van der Waals surface area (Å²) in [6.07, 6.45) is 8.45. The first-order valence-electron chi connectivity index (χ1n) is 8.78. The fourth-order valence-electron chi connectivity index (χ4n) is 2.69. The van der Waals surface area contributed by atoms with E-state index < -0.39 is 18.4 Å². The third-order valence-corrected chi connectivity index (χ3v) is 20.8. The Hall–Kier alpha value is 0.248. The van der Waals surface area contributed by atoms with Gasteiger partial charge >= 0.3 is 148 Å². The normalized spacial score (nSPS) is 11.5. The molecular formula is C19H33CuNSSn. The molecule has 1 rings (SSSR count). The average molecular weight is 490 g/mol. The Balaban J connectivity index is 0.00000232. The summed E-state index contributed by atoms with van der Waals surface area (Å²) in [4.78, 5) is 2.45. The summed E-state index contributed by atoms with van der Waals surface area (Å²) >= 11 is 1.87. The van der Waals surface area contributed by atoms with Crippen LogP contribution in [0.3, 0.4) is 0 Å². The van der Waals surface area contributed by atoms with Crippen LogP contribution in [0, 0.1) is 11.8 Å². The van der Waals surface area contributed by atoms with Crippen molar-refractivity contribution in [3.63, 3.8) is 0 Å². The van der Waals surface area contributed by atoms with E-state index in [1.807, 2.05) is 26.3 Å². The number of nitrogens with zero attached hydrogens (tertiary/aromatic N) is 1. The Kier molecular flexibility index (Phi) is 15.9. The Labute approximate surface area is 158 Å². The molecule has 23 heavy (non-hydrogen) atoms. The van der Waals surface area contributed by atoms with Crippen molar-refractivity contribution in [3.8, 4) is 6.57 Å². The minimum absolute atomic E-state index is 1.36. The molecule has 0 atom stereocenters. The number of nitriles is 1. The number of unbranched alkanes of at least 4 members (excludes halogenated alkanes) is 3. The molecule has 0 spiro atoms. The molecule has 1 heterocycles. The predicted molar refractivity (Wildman–Crippen MR) is 105 cm³/mol. The summed E-state index contributed by atoms with van der Waals surface area (Å²) in [5.41, 5.74) is 0. The maximum atomic E-state index is 6.50. The third kappa shape index (κ3) is 10.7. The van der Waals surface area contributed by atoms with Crippen molar-refractivity contribution >= 4 is 33.5 Å². The van der Waals surface area contributed by atoms with Crippen LogP contribution in [0.4, 0.5) is 0 Å². The first kappa shape index (κ1) is 23.2. The molecule has 0 saturated heterocycles. The van der Waals surface area contributed by atoms with E-state index in [0.29, 0.717) is 0 Å². The van der Waals surface area contributed by atoms with E-state index in [4.69, 9.17) is 5.26 Å². The summed E-state index contributed by atoms with van der Waals surface area (Å²) in [7, 11) is 0. The van der Waals surface area contributed by atoms with E-state index in [0.717, 1.165) is 0 Å². The number of hydrogen-bond donors (Lipinski definition) is 0. The molecule has 0 fully saturated rings. The second kappa shape index (κ2) is 15.8. The summed E-state index contributed by atoms with van der Waals surface area (Å²) in [5.74, 6) is 0. The van der Waals surface area contributed by atoms with Crippen LogP contribution in [0.5, 0.6) is 0 Å². The van der Waals surface area contributed by atoms with Gasteiger partial charge in [0, 0.05) is 6.57 Å². The van der Waals surface area contributed by atoms with Crippen molar-refractivity contribution < 1.29 is 15.0 Å². The first-order valence-corrected chi connectivity index (χ1v) is 18.4. The Morgan fingerprint density at radius 2 is 1.57 bits per heavy atom. The molecule has 0 saturated carbocycles. The SMILES string of the molecule is C#N.CCC[CH2][Sn]([CH]=[CH][Cu][c]1cccs1)([CH2]CCC)[CH2]CCC. The van der Waals surface area contributed by atoms with Crippen LogP contribution in [0.2, 0.25) is 13.3 Å². The van der Waals surface area contributed by atoms with E-state index >= 15 is 0 Å². The van der Waals surface area contributed by atoms with Gasteiger partial charge in [0.2, 0.25) is 0 Å². The standard InChI is InChI=1S/C4H3S.3C4H9.C2H2.CHN.Cu.Sn/c1-2-4-5-3-1;3*1-3-4-2;2*1-2;;/h1-3H;3*1,3-4H2,2H3;1-2H;1H;;. The molecule has 0 radical (unpaired) electrons. The van der Waals surface area contributed by atoms with Gasteiger partial charge in [0.05, 0.1) is 0 Å². The van der Waals surface area contributed by atoms with Crippen LogP contribution in [-0.2, 0) is 15.0 Å². The fourth-order valence-corrected chi connectivity index (χ4v) is 20.2. The van der Waals surface area contributed by atoms with Crippen LogP contribution in [0.25, 0.3) is 0 Å². The van der Waals surface area contributed by atoms with Gasteiger partial charge in [0.15, 0.2) is 0 Å². The Bertz CT molecular complexity index is 392. The Morgan fingerprint density at radius 1 is 1.04 bits per heavy atom. The van der Waals surface area contributed by atoms with Crippen LogP contribution >= 0.6 is 11.3 Å². The molecule has 0 aliphatic carbocycles. The van der Waals surface area contributed by atoms with Crippen LogP contribution < -0.4 is 3.78 Å². The fraction of sp³-hybridized carbons (Fsp3) is 0.632. The quantitative estimate of drug-likeness (QED) is 0.308. The summed E-state index contributed by atoms with van der Waals surface area (Å²) in [5, 5.41) is 8.68. The van der Waals surface area contributed by atoms with Crippen molar-refractivity contribution in [2.24, 2.45) is 0 Å².